The van der Waals surface area contributed by atoms with Gasteiger partial charge in [0.2, 0.25) is 0 Å². The molecule has 2 saturated carbocycles. The summed E-state index contributed by atoms with van der Waals surface area (Å²) in [6, 6.07) is -0.651. The summed E-state index contributed by atoms with van der Waals surface area (Å²) in [5.41, 5.74) is 1.87. The molecule has 0 aromatic rings. The number of ketones is 1. The molecule has 204 valence electrons. The number of nitrogens with zero attached hydrogens (tertiary/aromatic N) is 1. The van der Waals surface area contributed by atoms with E-state index in [9.17, 15) is 27.9 Å². The predicted octanol–water partition coefficient (Wildman–Crippen LogP) is 4.98. The van der Waals surface area contributed by atoms with Crippen molar-refractivity contribution in [2.24, 2.45) is 35.0 Å². The number of allylic oxidation sites excluding steroid dienone is 2. The zero-order valence-corrected chi connectivity index (χ0v) is 22.1. The summed E-state index contributed by atoms with van der Waals surface area (Å²) in [5, 5.41) is 10.3. The Balaban J connectivity index is 1.37. The van der Waals surface area contributed by atoms with Gasteiger partial charge in [-0.15, -0.1) is 0 Å². The zero-order chi connectivity index (χ0) is 26.7. The number of halogens is 3. The van der Waals surface area contributed by atoms with Crippen LogP contribution in [0.15, 0.2) is 22.8 Å². The Kier molecular flexibility index (Phi) is 5.65. The Morgan fingerprint density at radius 2 is 1.95 bits per heavy atom. The van der Waals surface area contributed by atoms with Crippen molar-refractivity contribution in [3.05, 3.63) is 22.8 Å². The molecule has 2 saturated heterocycles. The summed E-state index contributed by atoms with van der Waals surface area (Å²) in [5.74, 6) is -1.80. The van der Waals surface area contributed by atoms with Crippen molar-refractivity contribution >= 4 is 11.7 Å². The molecule has 0 aromatic carbocycles. The highest BCUT2D eigenvalue weighted by molar-refractivity contribution is 6.02. The number of rotatable bonds is 0. The second kappa shape index (κ2) is 8.17. The molecule has 2 heterocycles. The average molecular weight is 522 g/mol. The van der Waals surface area contributed by atoms with Gasteiger partial charge in [0, 0.05) is 24.0 Å². The molecular formula is C29H38F3NO4. The smallest absolute Gasteiger partial charge is 0.393 e. The lowest BCUT2D eigenvalue weighted by Crippen LogP contribution is -2.57. The van der Waals surface area contributed by atoms with Crippen LogP contribution < -0.4 is 0 Å². The summed E-state index contributed by atoms with van der Waals surface area (Å²) >= 11 is 0. The molecule has 10 atom stereocenters. The van der Waals surface area contributed by atoms with Crippen LogP contribution in [0.2, 0.25) is 0 Å². The standard InChI is InChI=1S/C29H38F3NO4/c1-14-11-21-24(33(13-14)26(36)29(30,31)32)16(3)28(37-21)10-8-19-20-6-5-17-12-18(34)7-9-27(17,4)23(20)25(35)22(19)15(28)2/h5,14,16,18-21,23-24,34H,6-13H2,1-4H3/t14-,16+,18-,19-,20-,21+,23+,24-,27-,28?/m0/s1. The van der Waals surface area contributed by atoms with Crippen LogP contribution in [0.3, 0.4) is 0 Å². The van der Waals surface area contributed by atoms with E-state index in [4.69, 9.17) is 4.74 Å². The highest BCUT2D eigenvalue weighted by Gasteiger charge is 2.65. The van der Waals surface area contributed by atoms with Gasteiger partial charge in [0.25, 0.3) is 0 Å². The van der Waals surface area contributed by atoms with Gasteiger partial charge in [-0.25, -0.2) is 0 Å². The van der Waals surface area contributed by atoms with Gasteiger partial charge in [0.1, 0.15) is 0 Å². The van der Waals surface area contributed by atoms with Crippen LogP contribution in [-0.2, 0) is 14.3 Å². The Morgan fingerprint density at radius 1 is 1.22 bits per heavy atom. The molecule has 1 unspecified atom stereocenters. The summed E-state index contributed by atoms with van der Waals surface area (Å²) in [7, 11) is 0. The first-order valence-corrected chi connectivity index (χ1v) is 14.0. The fourth-order valence-corrected chi connectivity index (χ4v) is 9.56. The highest BCUT2D eigenvalue weighted by Crippen LogP contribution is 2.64. The van der Waals surface area contributed by atoms with Gasteiger partial charge in [0.05, 0.1) is 23.9 Å². The van der Waals surface area contributed by atoms with E-state index in [1.165, 1.54) is 5.57 Å². The van der Waals surface area contributed by atoms with Gasteiger partial charge in [-0.3, -0.25) is 9.59 Å². The Labute approximate surface area is 216 Å². The van der Waals surface area contributed by atoms with E-state index in [-0.39, 0.29) is 53.4 Å². The maximum atomic E-state index is 14.2. The van der Waals surface area contributed by atoms with Crippen molar-refractivity contribution in [2.45, 2.75) is 103 Å². The van der Waals surface area contributed by atoms with Crippen molar-refractivity contribution in [2.75, 3.05) is 6.54 Å². The number of carbonyl (C=O) groups excluding carboxylic acids is 2. The van der Waals surface area contributed by atoms with E-state index in [2.05, 4.69) is 13.0 Å². The number of aliphatic hydroxyl groups is 1. The van der Waals surface area contributed by atoms with Crippen molar-refractivity contribution in [3.8, 4) is 0 Å². The topological polar surface area (TPSA) is 66.8 Å². The molecule has 0 radical (unpaired) electrons. The fraction of sp³-hybridized carbons (Fsp3) is 0.793. The number of aliphatic hydroxyl groups excluding tert-OH is 1. The molecule has 8 heteroatoms. The summed E-state index contributed by atoms with van der Waals surface area (Å²) in [6.07, 6.45) is 1.51. The first-order valence-electron chi connectivity index (χ1n) is 14.0. The van der Waals surface area contributed by atoms with E-state index in [0.717, 1.165) is 35.3 Å². The van der Waals surface area contributed by atoms with Crippen LogP contribution in [0, 0.1) is 35.0 Å². The fourth-order valence-electron chi connectivity index (χ4n) is 9.56. The molecule has 6 aliphatic rings. The molecule has 1 spiro atoms. The second-order valence-corrected chi connectivity index (χ2v) is 13.1. The van der Waals surface area contributed by atoms with Crippen molar-refractivity contribution in [1.82, 2.24) is 4.90 Å². The van der Waals surface area contributed by atoms with E-state index in [0.29, 0.717) is 25.7 Å². The number of alkyl halides is 3. The lowest BCUT2D eigenvalue weighted by Gasteiger charge is -2.48. The molecule has 37 heavy (non-hydrogen) atoms. The van der Waals surface area contributed by atoms with Crippen LogP contribution in [0.1, 0.15) is 72.6 Å². The zero-order valence-electron chi connectivity index (χ0n) is 22.1. The van der Waals surface area contributed by atoms with E-state index >= 15 is 0 Å². The lowest BCUT2D eigenvalue weighted by atomic mass is 9.56. The predicted molar refractivity (Wildman–Crippen MR) is 130 cm³/mol. The number of Topliss-reactive ketones (excluding diaryl/α,β-unsaturated/α-hetero) is 1. The average Bonchev–Trinajstić information content (AvgIpc) is 3.27. The number of ether oxygens (including phenoxy) is 1. The number of fused-ring (bicyclic) bond motifs is 6. The van der Waals surface area contributed by atoms with Crippen LogP contribution in [0.4, 0.5) is 13.2 Å². The molecule has 2 aliphatic heterocycles. The third-order valence-corrected chi connectivity index (χ3v) is 11.2. The molecule has 6 rings (SSSR count). The molecular weight excluding hydrogens is 483 g/mol. The van der Waals surface area contributed by atoms with Gasteiger partial charge in [-0.05, 0) is 80.6 Å². The number of carbonyl (C=O) groups is 2. The maximum absolute atomic E-state index is 14.2. The first kappa shape index (κ1) is 25.6. The van der Waals surface area contributed by atoms with Crippen LogP contribution in [0.5, 0.6) is 0 Å². The van der Waals surface area contributed by atoms with Crippen molar-refractivity contribution in [3.63, 3.8) is 0 Å². The molecule has 4 fully saturated rings. The normalized spacial score (nSPS) is 47.4. The lowest BCUT2D eigenvalue weighted by molar-refractivity contribution is -0.192. The van der Waals surface area contributed by atoms with Gasteiger partial charge in [-0.1, -0.05) is 32.4 Å². The number of hydrogen-bond donors (Lipinski definition) is 1. The van der Waals surface area contributed by atoms with Crippen LogP contribution in [-0.4, -0.2) is 58.3 Å². The van der Waals surface area contributed by atoms with Crippen molar-refractivity contribution < 1.29 is 32.6 Å². The van der Waals surface area contributed by atoms with E-state index in [1.807, 2.05) is 20.8 Å². The van der Waals surface area contributed by atoms with Gasteiger partial charge >= 0.3 is 12.1 Å². The number of amides is 1. The summed E-state index contributed by atoms with van der Waals surface area (Å²) < 4.78 is 47.3. The monoisotopic (exact) mass is 521 g/mol. The maximum Gasteiger partial charge on any atom is 0.471 e. The second-order valence-electron chi connectivity index (χ2n) is 13.1. The van der Waals surface area contributed by atoms with Gasteiger partial charge in [-0.2, -0.15) is 13.2 Å². The highest BCUT2D eigenvalue weighted by atomic mass is 19.4. The minimum absolute atomic E-state index is 0.0727. The first-order chi connectivity index (χ1) is 17.3. The molecule has 4 aliphatic carbocycles. The largest absolute Gasteiger partial charge is 0.471 e. The Hall–Kier alpha value is -1.67. The van der Waals surface area contributed by atoms with Crippen LogP contribution in [0.25, 0.3) is 0 Å². The minimum atomic E-state index is -4.92. The summed E-state index contributed by atoms with van der Waals surface area (Å²) in [6.45, 7) is 8.01. The van der Waals surface area contributed by atoms with E-state index in [1.54, 1.807) is 0 Å². The third kappa shape index (κ3) is 3.43. The van der Waals surface area contributed by atoms with Crippen LogP contribution >= 0.6 is 0 Å². The minimum Gasteiger partial charge on any atom is -0.393 e. The summed E-state index contributed by atoms with van der Waals surface area (Å²) in [4.78, 5) is 27.7. The Morgan fingerprint density at radius 3 is 2.65 bits per heavy atom. The third-order valence-electron chi connectivity index (χ3n) is 11.2. The molecule has 0 aromatic heterocycles. The van der Waals surface area contributed by atoms with Crippen molar-refractivity contribution in [1.29, 1.82) is 0 Å². The SMILES string of the molecule is CC1=C2C(=O)[C@H]3[C@@H](CC=C4C[C@@H](O)CC[C@@]43C)[C@@H]2CCC12O[C@@H]1C[C@H](C)CN(C(=O)C(F)(F)F)[C@H]1[C@H]2C. The molecule has 1 amide bonds. The van der Waals surface area contributed by atoms with Gasteiger partial charge in [0.15, 0.2) is 5.78 Å². The molecule has 5 nitrogen and oxygen atoms in total. The Bertz CT molecular complexity index is 1100. The van der Waals surface area contributed by atoms with Gasteiger partial charge < -0.3 is 14.7 Å². The molecule has 0 bridgehead atoms. The quantitative estimate of drug-likeness (QED) is 0.457. The van der Waals surface area contributed by atoms with E-state index < -0.39 is 29.8 Å². The number of likely N-dealkylation sites (tertiary alicyclic amines) is 1. The number of hydrogen-bond acceptors (Lipinski definition) is 4. The molecule has 1 N–H and O–H groups in total. The number of piperidine rings is 1.